The van der Waals surface area contributed by atoms with E-state index in [1.165, 1.54) is 0 Å². The molecular weight excluding hydrogens is 312 g/mol. The number of hydrogen-bond donors (Lipinski definition) is 1. The zero-order valence-corrected chi connectivity index (χ0v) is 13.5. The second-order valence-electron chi connectivity index (χ2n) is 5.40. The summed E-state index contributed by atoms with van der Waals surface area (Å²) in [6, 6.07) is 0. The molecule has 9 nitrogen and oxygen atoms in total. The predicted octanol–water partition coefficient (Wildman–Crippen LogP) is -0.812. The number of rotatable bonds is 9. The Bertz CT molecular complexity index is 436. The highest BCUT2D eigenvalue weighted by Crippen LogP contribution is 2.28. The average Bonchev–Trinajstić information content (AvgIpc) is 2.90. The first kappa shape index (κ1) is 19.7. The summed E-state index contributed by atoms with van der Waals surface area (Å²) in [5.41, 5.74) is 0. The van der Waals surface area contributed by atoms with Gasteiger partial charge in [0.15, 0.2) is 12.1 Å². The molecule has 23 heavy (non-hydrogen) atoms. The van der Waals surface area contributed by atoms with Gasteiger partial charge in [0.25, 0.3) is 5.79 Å². The summed E-state index contributed by atoms with van der Waals surface area (Å²) in [7, 11) is 2.19. The number of ether oxygens (including phenoxy) is 5. The molecule has 1 rings (SSSR count). The molecule has 1 unspecified atom stereocenters. The van der Waals surface area contributed by atoms with Crippen LogP contribution in [0.15, 0.2) is 0 Å². The van der Waals surface area contributed by atoms with Crippen molar-refractivity contribution in [1.29, 1.82) is 0 Å². The molecule has 1 aliphatic rings. The molecule has 0 amide bonds. The molecule has 0 aromatic rings. The molecule has 1 heterocycles. The molecule has 0 radical (unpaired) electrons. The van der Waals surface area contributed by atoms with E-state index in [1.54, 1.807) is 13.8 Å². The van der Waals surface area contributed by atoms with Gasteiger partial charge in [-0.15, -0.1) is 0 Å². The Balaban J connectivity index is 2.92. The molecule has 4 atom stereocenters. The predicted molar refractivity (Wildman–Crippen MR) is 74.3 cm³/mol. The number of carbonyl (C=O) groups is 3. The van der Waals surface area contributed by atoms with E-state index in [0.717, 1.165) is 14.2 Å². The Hall–Kier alpha value is -1.39. The smallest absolute Gasteiger partial charge is 0.367 e. The SMILES string of the molecule is COC(=O)C(CC=O)(OC)O[C@H](C=O)[C@H](O)[C@H]1COC(C)(C)O1. The number of esters is 1. The van der Waals surface area contributed by atoms with Crippen LogP contribution >= 0.6 is 0 Å². The van der Waals surface area contributed by atoms with Crippen LogP contribution in [-0.4, -0.2) is 74.4 Å². The summed E-state index contributed by atoms with van der Waals surface area (Å²) in [5, 5.41) is 10.3. The second kappa shape index (κ2) is 7.93. The average molecular weight is 334 g/mol. The van der Waals surface area contributed by atoms with Crippen LogP contribution in [0.2, 0.25) is 0 Å². The number of aldehydes is 2. The molecule has 0 spiro atoms. The molecule has 132 valence electrons. The van der Waals surface area contributed by atoms with Crippen LogP contribution < -0.4 is 0 Å². The highest BCUT2D eigenvalue weighted by Gasteiger charge is 2.47. The third kappa shape index (κ3) is 4.55. The van der Waals surface area contributed by atoms with Gasteiger partial charge in [0.05, 0.1) is 20.1 Å². The highest BCUT2D eigenvalue weighted by molar-refractivity contribution is 5.81. The number of hydrogen-bond acceptors (Lipinski definition) is 9. The van der Waals surface area contributed by atoms with Gasteiger partial charge in [-0.05, 0) is 13.8 Å². The number of aliphatic hydroxyl groups is 1. The largest absolute Gasteiger partial charge is 0.465 e. The molecule has 1 N–H and O–H groups in total. The van der Waals surface area contributed by atoms with Crippen LogP contribution in [0.3, 0.4) is 0 Å². The van der Waals surface area contributed by atoms with Gasteiger partial charge in [0, 0.05) is 7.11 Å². The van der Waals surface area contributed by atoms with Crippen LogP contribution in [0.25, 0.3) is 0 Å². The number of carbonyl (C=O) groups excluding carboxylic acids is 3. The summed E-state index contributed by atoms with van der Waals surface area (Å²) in [5.74, 6) is -4.05. The minimum Gasteiger partial charge on any atom is -0.465 e. The lowest BCUT2D eigenvalue weighted by atomic mass is 10.1. The normalized spacial score (nSPS) is 25.2. The third-order valence-corrected chi connectivity index (χ3v) is 3.39. The minimum absolute atomic E-state index is 0.0355. The quantitative estimate of drug-likeness (QED) is 0.328. The van der Waals surface area contributed by atoms with Crippen molar-refractivity contribution in [2.75, 3.05) is 20.8 Å². The maximum absolute atomic E-state index is 11.9. The molecule has 1 fully saturated rings. The van der Waals surface area contributed by atoms with Gasteiger partial charge in [-0.1, -0.05) is 0 Å². The lowest BCUT2D eigenvalue weighted by Crippen LogP contribution is -2.52. The van der Waals surface area contributed by atoms with Gasteiger partial charge in [0.1, 0.15) is 24.6 Å². The maximum atomic E-state index is 11.9. The van der Waals surface area contributed by atoms with E-state index >= 15 is 0 Å². The first-order valence-electron chi connectivity index (χ1n) is 6.95. The molecule has 1 aliphatic heterocycles. The van der Waals surface area contributed by atoms with Crippen LogP contribution in [-0.2, 0) is 38.1 Å². The van der Waals surface area contributed by atoms with Gasteiger partial charge < -0.3 is 38.4 Å². The van der Waals surface area contributed by atoms with Gasteiger partial charge in [-0.2, -0.15) is 0 Å². The van der Waals surface area contributed by atoms with E-state index in [2.05, 4.69) is 4.74 Å². The van der Waals surface area contributed by atoms with Crippen molar-refractivity contribution in [1.82, 2.24) is 0 Å². The minimum atomic E-state index is -2.13. The van der Waals surface area contributed by atoms with Crippen molar-refractivity contribution < 1.29 is 43.2 Å². The Morgan fingerprint density at radius 1 is 1.43 bits per heavy atom. The van der Waals surface area contributed by atoms with Crippen LogP contribution in [0.1, 0.15) is 20.3 Å². The van der Waals surface area contributed by atoms with Crippen molar-refractivity contribution in [2.45, 2.75) is 50.2 Å². The summed E-state index contributed by atoms with van der Waals surface area (Å²) < 4.78 is 25.5. The number of aliphatic hydroxyl groups excluding tert-OH is 1. The third-order valence-electron chi connectivity index (χ3n) is 3.39. The summed E-state index contributed by atoms with van der Waals surface area (Å²) in [6.45, 7) is 3.33. The van der Waals surface area contributed by atoms with E-state index in [4.69, 9.17) is 18.9 Å². The standard InChI is InChI=1S/C14H22O9/c1-13(2)21-8-10(22-13)11(17)9(7-16)23-14(20-4,5-6-15)12(18)19-3/h6-7,9-11,17H,5,8H2,1-4H3/t9-,10-,11+,14?/m1/s1. The summed E-state index contributed by atoms with van der Waals surface area (Å²) in [4.78, 5) is 34.0. The van der Waals surface area contributed by atoms with Gasteiger partial charge in [-0.25, -0.2) is 4.79 Å². The molecule has 0 aliphatic carbocycles. The Kier molecular flexibility index (Phi) is 6.78. The molecule has 0 saturated carbocycles. The second-order valence-corrected chi connectivity index (χ2v) is 5.40. The van der Waals surface area contributed by atoms with Gasteiger partial charge in [0.2, 0.25) is 0 Å². The fraction of sp³-hybridized carbons (Fsp3) is 0.786. The zero-order valence-electron chi connectivity index (χ0n) is 13.5. The zero-order chi connectivity index (χ0) is 17.7. The molecule has 0 aromatic heterocycles. The highest BCUT2D eigenvalue weighted by atomic mass is 16.8. The fourth-order valence-electron chi connectivity index (χ4n) is 2.15. The van der Waals surface area contributed by atoms with E-state index in [1.807, 2.05) is 0 Å². The lowest BCUT2D eigenvalue weighted by molar-refractivity contribution is -0.262. The first-order chi connectivity index (χ1) is 10.7. The lowest BCUT2D eigenvalue weighted by Gasteiger charge is -2.33. The Morgan fingerprint density at radius 3 is 2.48 bits per heavy atom. The monoisotopic (exact) mass is 334 g/mol. The summed E-state index contributed by atoms with van der Waals surface area (Å²) >= 11 is 0. The first-order valence-corrected chi connectivity index (χ1v) is 6.95. The van der Waals surface area contributed by atoms with Crippen molar-refractivity contribution >= 4 is 18.5 Å². The fourth-order valence-corrected chi connectivity index (χ4v) is 2.15. The maximum Gasteiger partial charge on any atom is 0.367 e. The van der Waals surface area contributed by atoms with Crippen molar-refractivity contribution in [3.63, 3.8) is 0 Å². The summed E-state index contributed by atoms with van der Waals surface area (Å²) in [6.07, 6.45) is -3.60. The van der Waals surface area contributed by atoms with Crippen molar-refractivity contribution in [3.05, 3.63) is 0 Å². The number of methoxy groups -OCH3 is 2. The van der Waals surface area contributed by atoms with E-state index in [-0.39, 0.29) is 6.61 Å². The topological polar surface area (TPSA) is 118 Å². The molecular formula is C14H22O9. The molecule has 1 saturated heterocycles. The van der Waals surface area contributed by atoms with Gasteiger partial charge >= 0.3 is 5.97 Å². The van der Waals surface area contributed by atoms with Crippen LogP contribution in [0.5, 0.6) is 0 Å². The Labute approximate surface area is 133 Å². The van der Waals surface area contributed by atoms with E-state index in [9.17, 15) is 19.5 Å². The van der Waals surface area contributed by atoms with E-state index in [0.29, 0.717) is 12.6 Å². The van der Waals surface area contributed by atoms with Gasteiger partial charge in [-0.3, -0.25) is 0 Å². The molecule has 0 aromatic carbocycles. The molecule has 0 bridgehead atoms. The van der Waals surface area contributed by atoms with E-state index < -0.39 is 42.3 Å². The van der Waals surface area contributed by atoms with Crippen LogP contribution in [0, 0.1) is 0 Å². The Morgan fingerprint density at radius 2 is 2.09 bits per heavy atom. The van der Waals surface area contributed by atoms with Crippen LogP contribution in [0.4, 0.5) is 0 Å². The van der Waals surface area contributed by atoms with Crippen molar-refractivity contribution in [2.24, 2.45) is 0 Å². The van der Waals surface area contributed by atoms with Crippen molar-refractivity contribution in [3.8, 4) is 0 Å². The molecule has 9 heteroatoms.